The second-order valence-corrected chi connectivity index (χ2v) is 4.77. The maximum Gasteiger partial charge on any atom is 0.337 e. The van der Waals surface area contributed by atoms with Gasteiger partial charge in [-0.25, -0.2) is 9.18 Å². The second kappa shape index (κ2) is 7.40. The average molecular weight is 317 g/mol. The molecule has 0 heterocycles. The van der Waals surface area contributed by atoms with Crippen LogP contribution in [-0.2, 0) is 9.53 Å². The summed E-state index contributed by atoms with van der Waals surface area (Å²) in [5, 5.41) is 2.67. The summed E-state index contributed by atoms with van der Waals surface area (Å²) in [5.41, 5.74) is 0.915. The van der Waals surface area contributed by atoms with Gasteiger partial charge < -0.3 is 14.8 Å². The van der Waals surface area contributed by atoms with Gasteiger partial charge in [0.05, 0.1) is 12.7 Å². The van der Waals surface area contributed by atoms with E-state index in [9.17, 15) is 14.0 Å². The lowest BCUT2D eigenvalue weighted by molar-refractivity contribution is -0.122. The highest BCUT2D eigenvalue weighted by molar-refractivity contribution is 5.95. The van der Waals surface area contributed by atoms with Crippen LogP contribution in [0.5, 0.6) is 5.75 Å². The van der Waals surface area contributed by atoms with Gasteiger partial charge in [-0.15, -0.1) is 0 Å². The monoisotopic (exact) mass is 317 g/mol. The molecule has 2 aromatic rings. The van der Waals surface area contributed by atoms with Crippen molar-refractivity contribution in [2.75, 3.05) is 12.4 Å². The third-order valence-electron chi connectivity index (χ3n) is 3.07. The fourth-order valence-corrected chi connectivity index (χ4v) is 1.82. The van der Waals surface area contributed by atoms with Crippen molar-refractivity contribution < 1.29 is 23.5 Å². The number of methoxy groups -OCH3 is 1. The summed E-state index contributed by atoms with van der Waals surface area (Å²) in [7, 11) is 1.30. The predicted octanol–water partition coefficient (Wildman–Crippen LogP) is 3.02. The van der Waals surface area contributed by atoms with E-state index >= 15 is 0 Å². The Morgan fingerprint density at radius 3 is 2.22 bits per heavy atom. The highest BCUT2D eigenvalue weighted by Crippen LogP contribution is 2.15. The number of hydrogen-bond donors (Lipinski definition) is 1. The van der Waals surface area contributed by atoms with Gasteiger partial charge in [-0.1, -0.05) is 0 Å². The van der Waals surface area contributed by atoms with Gasteiger partial charge in [-0.05, 0) is 55.5 Å². The summed E-state index contributed by atoms with van der Waals surface area (Å²) in [4.78, 5) is 23.4. The Morgan fingerprint density at radius 1 is 1.04 bits per heavy atom. The van der Waals surface area contributed by atoms with Crippen molar-refractivity contribution in [3.05, 3.63) is 59.9 Å². The summed E-state index contributed by atoms with van der Waals surface area (Å²) in [5.74, 6) is -0.786. The summed E-state index contributed by atoms with van der Waals surface area (Å²) < 4.78 is 22.8. The molecule has 2 rings (SSSR count). The molecule has 0 radical (unpaired) electrons. The minimum absolute atomic E-state index is 0.361. The molecule has 23 heavy (non-hydrogen) atoms. The third-order valence-corrected chi connectivity index (χ3v) is 3.07. The van der Waals surface area contributed by atoms with E-state index in [0.717, 1.165) is 0 Å². The highest BCUT2D eigenvalue weighted by Gasteiger charge is 2.15. The molecule has 1 N–H and O–H groups in total. The molecule has 0 fully saturated rings. The molecular weight excluding hydrogens is 301 g/mol. The molecule has 120 valence electrons. The summed E-state index contributed by atoms with van der Waals surface area (Å²) in [6, 6.07) is 11.7. The first-order chi connectivity index (χ1) is 11.0. The number of rotatable bonds is 5. The first-order valence-corrected chi connectivity index (χ1v) is 6.91. The number of esters is 1. The van der Waals surface area contributed by atoms with Gasteiger partial charge in [0.1, 0.15) is 11.6 Å². The van der Waals surface area contributed by atoms with Gasteiger partial charge in [-0.3, -0.25) is 4.79 Å². The zero-order valence-corrected chi connectivity index (χ0v) is 12.7. The number of ether oxygens (including phenoxy) is 2. The Labute approximate surface area is 133 Å². The lowest BCUT2D eigenvalue weighted by Gasteiger charge is -2.14. The number of halogens is 1. The molecule has 0 bridgehead atoms. The molecule has 0 saturated heterocycles. The molecule has 6 heteroatoms. The van der Waals surface area contributed by atoms with Gasteiger partial charge in [0, 0.05) is 5.69 Å². The molecule has 5 nitrogen and oxygen atoms in total. The number of nitrogens with one attached hydrogen (secondary N) is 1. The molecule has 0 aliphatic rings. The van der Waals surface area contributed by atoms with Crippen LogP contribution in [-0.4, -0.2) is 25.1 Å². The van der Waals surface area contributed by atoms with E-state index in [1.54, 1.807) is 31.2 Å². The molecule has 0 aliphatic carbocycles. The number of hydrogen-bond acceptors (Lipinski definition) is 4. The number of amides is 1. The molecule has 0 aromatic heterocycles. The van der Waals surface area contributed by atoms with Crippen LogP contribution in [0.25, 0.3) is 0 Å². The van der Waals surface area contributed by atoms with E-state index in [1.807, 2.05) is 0 Å². The standard InChI is InChI=1S/C17H16FNO4/c1-11(23-15-9-5-13(18)6-10-15)16(20)19-14-7-3-12(4-8-14)17(21)22-2/h3-11H,1-2H3,(H,19,20)/t11-/m1/s1. The zero-order chi connectivity index (χ0) is 16.8. The molecule has 1 amide bonds. The SMILES string of the molecule is COC(=O)c1ccc(NC(=O)[C@@H](C)Oc2ccc(F)cc2)cc1. The van der Waals surface area contributed by atoms with Gasteiger partial charge in [0.2, 0.25) is 0 Å². The Balaban J connectivity index is 1.95. The van der Waals surface area contributed by atoms with Crippen molar-refractivity contribution in [1.29, 1.82) is 0 Å². The van der Waals surface area contributed by atoms with Crippen molar-refractivity contribution in [3.8, 4) is 5.75 Å². The van der Waals surface area contributed by atoms with Gasteiger partial charge >= 0.3 is 5.97 Å². The molecule has 0 aliphatic heterocycles. The topological polar surface area (TPSA) is 64.6 Å². The van der Waals surface area contributed by atoms with Crippen LogP contribution < -0.4 is 10.1 Å². The fraction of sp³-hybridized carbons (Fsp3) is 0.176. The normalized spacial score (nSPS) is 11.4. The van der Waals surface area contributed by atoms with Crippen LogP contribution in [0, 0.1) is 5.82 Å². The van der Waals surface area contributed by atoms with Crippen LogP contribution >= 0.6 is 0 Å². The number of carbonyl (C=O) groups is 2. The smallest absolute Gasteiger partial charge is 0.337 e. The lowest BCUT2D eigenvalue weighted by Crippen LogP contribution is -2.30. The van der Waals surface area contributed by atoms with Crippen molar-refractivity contribution in [2.45, 2.75) is 13.0 Å². The molecule has 0 spiro atoms. The minimum atomic E-state index is -0.763. The van der Waals surface area contributed by atoms with Crippen molar-refractivity contribution in [3.63, 3.8) is 0 Å². The van der Waals surface area contributed by atoms with Crippen LogP contribution in [0.4, 0.5) is 10.1 Å². The zero-order valence-electron chi connectivity index (χ0n) is 12.7. The average Bonchev–Trinajstić information content (AvgIpc) is 2.56. The Bertz CT molecular complexity index is 683. The first-order valence-electron chi connectivity index (χ1n) is 6.91. The van der Waals surface area contributed by atoms with Crippen molar-refractivity contribution >= 4 is 17.6 Å². The van der Waals surface area contributed by atoms with Crippen LogP contribution in [0.15, 0.2) is 48.5 Å². The minimum Gasteiger partial charge on any atom is -0.481 e. The summed E-state index contributed by atoms with van der Waals surface area (Å²) in [6.45, 7) is 1.58. The summed E-state index contributed by atoms with van der Waals surface area (Å²) >= 11 is 0. The Hall–Kier alpha value is -2.89. The highest BCUT2D eigenvalue weighted by atomic mass is 19.1. The maximum absolute atomic E-state index is 12.8. The van der Waals surface area contributed by atoms with Gasteiger partial charge in [-0.2, -0.15) is 0 Å². The second-order valence-electron chi connectivity index (χ2n) is 4.77. The number of anilines is 1. The molecular formula is C17H16FNO4. The van der Waals surface area contributed by atoms with E-state index in [1.165, 1.54) is 31.4 Å². The molecule has 1 atom stereocenters. The molecule has 0 saturated carbocycles. The van der Waals surface area contributed by atoms with E-state index in [0.29, 0.717) is 17.0 Å². The first kappa shape index (κ1) is 16.5. The van der Waals surface area contributed by atoms with Crippen LogP contribution in [0.1, 0.15) is 17.3 Å². The number of benzene rings is 2. The van der Waals surface area contributed by atoms with Crippen LogP contribution in [0.3, 0.4) is 0 Å². The van der Waals surface area contributed by atoms with Crippen molar-refractivity contribution in [2.24, 2.45) is 0 Å². The van der Waals surface area contributed by atoms with E-state index in [-0.39, 0.29) is 11.7 Å². The van der Waals surface area contributed by atoms with E-state index in [2.05, 4.69) is 10.1 Å². The van der Waals surface area contributed by atoms with Gasteiger partial charge in [0.15, 0.2) is 6.10 Å². The number of carbonyl (C=O) groups excluding carboxylic acids is 2. The van der Waals surface area contributed by atoms with Crippen molar-refractivity contribution in [1.82, 2.24) is 0 Å². The van der Waals surface area contributed by atoms with Crippen LogP contribution in [0.2, 0.25) is 0 Å². The predicted molar refractivity (Wildman–Crippen MR) is 82.9 cm³/mol. The Kier molecular flexibility index (Phi) is 5.30. The molecule has 0 unspecified atom stereocenters. The third kappa shape index (κ3) is 4.54. The fourth-order valence-electron chi connectivity index (χ4n) is 1.82. The van der Waals surface area contributed by atoms with Gasteiger partial charge in [0.25, 0.3) is 5.91 Å². The quantitative estimate of drug-likeness (QED) is 0.861. The largest absolute Gasteiger partial charge is 0.481 e. The van der Waals surface area contributed by atoms with E-state index in [4.69, 9.17) is 4.74 Å². The molecule has 2 aromatic carbocycles. The maximum atomic E-state index is 12.8. The van der Waals surface area contributed by atoms with E-state index < -0.39 is 12.1 Å². The summed E-state index contributed by atoms with van der Waals surface area (Å²) in [6.07, 6.45) is -0.763. The Morgan fingerprint density at radius 2 is 1.65 bits per heavy atom. The lowest BCUT2D eigenvalue weighted by atomic mass is 10.2.